The van der Waals surface area contributed by atoms with Crippen LogP contribution in [-0.2, 0) is 0 Å². The lowest BCUT2D eigenvalue weighted by Crippen LogP contribution is -2.00. The van der Waals surface area contributed by atoms with Crippen molar-refractivity contribution >= 4 is 65.0 Å². The van der Waals surface area contributed by atoms with Gasteiger partial charge in [0.15, 0.2) is 5.43 Å². The Bertz CT molecular complexity index is 1640. The monoisotopic (exact) mass is 412 g/mol. The van der Waals surface area contributed by atoms with Gasteiger partial charge in [-0.3, -0.25) is 4.79 Å². The van der Waals surface area contributed by atoms with Gasteiger partial charge in [0.05, 0.1) is 9.72 Å². The fourth-order valence-electron chi connectivity index (χ4n) is 3.93. The molecule has 0 unspecified atom stereocenters. The summed E-state index contributed by atoms with van der Waals surface area (Å²) in [7, 11) is 0. The Labute approximate surface area is 174 Å². The minimum Gasteiger partial charge on any atom is -0.456 e. The summed E-state index contributed by atoms with van der Waals surface area (Å²) in [5.74, 6) is 0. The molecule has 0 fully saturated rings. The van der Waals surface area contributed by atoms with Gasteiger partial charge in [0.2, 0.25) is 0 Å². The second-order valence-electron chi connectivity index (χ2n) is 7.07. The van der Waals surface area contributed by atoms with Gasteiger partial charge in [-0.1, -0.05) is 48.0 Å². The Morgan fingerprint density at radius 1 is 0.690 bits per heavy atom. The third-order valence-corrected chi connectivity index (χ3v) is 6.99. The number of fused-ring (bicyclic) bond motifs is 5. The molecule has 6 aromatic rings. The van der Waals surface area contributed by atoms with Crippen molar-refractivity contribution in [1.82, 2.24) is 0 Å². The third-order valence-electron chi connectivity index (χ3n) is 5.36. The number of benzene rings is 4. The van der Waals surface area contributed by atoms with Crippen molar-refractivity contribution in [3.63, 3.8) is 0 Å². The summed E-state index contributed by atoms with van der Waals surface area (Å²) in [5.41, 5.74) is 3.87. The van der Waals surface area contributed by atoms with Crippen molar-refractivity contribution in [1.29, 1.82) is 0 Å². The average molecular weight is 413 g/mol. The number of halogens is 1. The van der Waals surface area contributed by atoms with Crippen molar-refractivity contribution < 1.29 is 4.42 Å². The molecular weight excluding hydrogens is 400 g/mol. The van der Waals surface area contributed by atoms with E-state index in [0.29, 0.717) is 10.4 Å². The molecule has 6 rings (SSSR count). The first kappa shape index (κ1) is 16.8. The maximum Gasteiger partial charge on any atom is 0.195 e. The van der Waals surface area contributed by atoms with Gasteiger partial charge in [0.25, 0.3) is 0 Å². The number of rotatable bonds is 1. The Morgan fingerprint density at radius 3 is 2.31 bits per heavy atom. The molecule has 29 heavy (non-hydrogen) atoms. The molecule has 0 amide bonds. The minimum atomic E-state index is 0.0236. The zero-order valence-electron chi connectivity index (χ0n) is 15.1. The van der Waals surface area contributed by atoms with E-state index < -0.39 is 0 Å². The third kappa shape index (κ3) is 2.52. The van der Waals surface area contributed by atoms with E-state index >= 15 is 0 Å². The topological polar surface area (TPSA) is 30.2 Å². The SMILES string of the molecule is O=c1c2ccc(-c3ccc4c(c3)oc3ccccc34)cc2sc2c(Cl)cccc12. The predicted octanol–water partition coefficient (Wildman–Crippen LogP) is 7.63. The molecule has 2 aromatic heterocycles. The Kier molecular flexibility index (Phi) is 3.58. The van der Waals surface area contributed by atoms with Gasteiger partial charge < -0.3 is 4.42 Å². The van der Waals surface area contributed by atoms with Crippen molar-refractivity contribution in [3.8, 4) is 11.1 Å². The van der Waals surface area contributed by atoms with Crippen molar-refractivity contribution in [2.75, 3.05) is 0 Å². The Hall–Kier alpha value is -3.14. The number of furan rings is 1. The van der Waals surface area contributed by atoms with Crippen LogP contribution in [-0.4, -0.2) is 0 Å². The lowest BCUT2D eigenvalue weighted by Gasteiger charge is -2.06. The van der Waals surface area contributed by atoms with Crippen LogP contribution in [0.3, 0.4) is 0 Å². The molecule has 4 aromatic carbocycles. The summed E-state index contributed by atoms with van der Waals surface area (Å²) >= 11 is 7.90. The number of para-hydroxylation sites is 1. The van der Waals surface area contributed by atoms with E-state index in [1.54, 1.807) is 11.3 Å². The highest BCUT2D eigenvalue weighted by Crippen LogP contribution is 2.35. The first-order valence-corrected chi connectivity index (χ1v) is 10.5. The van der Waals surface area contributed by atoms with E-state index in [9.17, 15) is 4.79 Å². The summed E-state index contributed by atoms with van der Waals surface area (Å²) in [4.78, 5) is 12.9. The highest BCUT2D eigenvalue weighted by Gasteiger charge is 2.11. The first-order chi connectivity index (χ1) is 14.2. The lowest BCUT2D eigenvalue weighted by molar-refractivity contribution is 0.669. The number of hydrogen-bond donors (Lipinski definition) is 0. The van der Waals surface area contributed by atoms with Crippen LogP contribution in [0.5, 0.6) is 0 Å². The summed E-state index contributed by atoms with van der Waals surface area (Å²) in [6, 6.07) is 25.8. The molecule has 2 heterocycles. The van der Waals surface area contributed by atoms with Crippen molar-refractivity contribution in [3.05, 3.63) is 94.1 Å². The highest BCUT2D eigenvalue weighted by atomic mass is 35.5. The maximum absolute atomic E-state index is 12.9. The fourth-order valence-corrected chi connectivity index (χ4v) is 5.33. The molecule has 0 N–H and O–H groups in total. The Morgan fingerprint density at radius 2 is 1.41 bits per heavy atom. The smallest absolute Gasteiger partial charge is 0.195 e. The van der Waals surface area contributed by atoms with E-state index in [1.165, 1.54) is 0 Å². The van der Waals surface area contributed by atoms with Crippen LogP contribution < -0.4 is 5.43 Å². The van der Waals surface area contributed by atoms with Crippen LogP contribution >= 0.6 is 22.9 Å². The summed E-state index contributed by atoms with van der Waals surface area (Å²) < 4.78 is 7.79. The van der Waals surface area contributed by atoms with Gasteiger partial charge in [-0.2, -0.15) is 0 Å². The molecule has 0 saturated heterocycles. The second-order valence-corrected chi connectivity index (χ2v) is 8.53. The maximum atomic E-state index is 12.9. The van der Waals surface area contributed by atoms with Crippen LogP contribution in [0.2, 0.25) is 5.02 Å². The van der Waals surface area contributed by atoms with Gasteiger partial charge in [-0.15, -0.1) is 11.3 Å². The average Bonchev–Trinajstić information content (AvgIpc) is 3.12. The lowest BCUT2D eigenvalue weighted by atomic mass is 10.0. The second kappa shape index (κ2) is 6.18. The van der Waals surface area contributed by atoms with E-state index in [2.05, 4.69) is 30.3 Å². The highest BCUT2D eigenvalue weighted by molar-refractivity contribution is 7.25. The van der Waals surface area contributed by atoms with E-state index in [4.69, 9.17) is 16.0 Å². The molecule has 4 heteroatoms. The van der Waals surface area contributed by atoms with Gasteiger partial charge >= 0.3 is 0 Å². The van der Waals surface area contributed by atoms with Crippen molar-refractivity contribution in [2.45, 2.75) is 0 Å². The van der Waals surface area contributed by atoms with E-state index in [-0.39, 0.29) is 5.43 Å². The normalized spacial score (nSPS) is 11.8. The molecule has 0 atom stereocenters. The van der Waals surface area contributed by atoms with E-state index in [1.807, 2.05) is 48.5 Å². The first-order valence-electron chi connectivity index (χ1n) is 9.26. The molecule has 138 valence electrons. The number of hydrogen-bond acceptors (Lipinski definition) is 3. The molecular formula is C25H13ClO2S. The zero-order valence-corrected chi connectivity index (χ0v) is 16.7. The van der Waals surface area contributed by atoms with Crippen LogP contribution in [0.15, 0.2) is 88.1 Å². The standard InChI is InChI=1S/C25H13ClO2S/c26-20-6-3-5-19-24(27)18-11-9-15(13-23(18)29-25(19)20)14-8-10-17-16-4-1-2-7-21(16)28-22(17)12-14/h1-13H. The van der Waals surface area contributed by atoms with Crippen LogP contribution in [0.1, 0.15) is 0 Å². The van der Waals surface area contributed by atoms with Crippen LogP contribution in [0, 0.1) is 0 Å². The molecule has 0 aliphatic carbocycles. The molecule has 0 spiro atoms. The van der Waals surface area contributed by atoms with Crippen LogP contribution in [0.25, 0.3) is 53.2 Å². The Balaban J connectivity index is 1.59. The predicted molar refractivity (Wildman–Crippen MR) is 123 cm³/mol. The fraction of sp³-hybridized carbons (Fsp3) is 0. The molecule has 0 saturated carbocycles. The van der Waals surface area contributed by atoms with Gasteiger partial charge in [-0.25, -0.2) is 0 Å². The largest absolute Gasteiger partial charge is 0.456 e. The minimum absolute atomic E-state index is 0.0236. The van der Waals surface area contributed by atoms with E-state index in [0.717, 1.165) is 47.9 Å². The van der Waals surface area contributed by atoms with Crippen LogP contribution in [0.4, 0.5) is 0 Å². The quantitative estimate of drug-likeness (QED) is 0.260. The van der Waals surface area contributed by atoms with Gasteiger partial charge in [0, 0.05) is 26.2 Å². The van der Waals surface area contributed by atoms with Gasteiger partial charge in [0.1, 0.15) is 11.2 Å². The molecule has 0 bridgehead atoms. The molecule has 0 aliphatic rings. The van der Waals surface area contributed by atoms with Crippen molar-refractivity contribution in [2.24, 2.45) is 0 Å². The van der Waals surface area contributed by atoms with Gasteiger partial charge in [-0.05, 0) is 53.6 Å². The summed E-state index contributed by atoms with van der Waals surface area (Å²) in [6.07, 6.45) is 0. The molecule has 0 aliphatic heterocycles. The molecule has 2 nitrogen and oxygen atoms in total. The zero-order chi connectivity index (χ0) is 19.5. The summed E-state index contributed by atoms with van der Waals surface area (Å²) in [5, 5.41) is 4.23. The molecule has 0 radical (unpaired) electrons. The summed E-state index contributed by atoms with van der Waals surface area (Å²) in [6.45, 7) is 0.